The largest absolute Gasteiger partial charge is 0.482 e. The van der Waals surface area contributed by atoms with Crippen LogP contribution in [0.2, 0.25) is 0 Å². The van der Waals surface area contributed by atoms with Crippen molar-refractivity contribution in [2.75, 3.05) is 11.9 Å². The summed E-state index contributed by atoms with van der Waals surface area (Å²) in [5.74, 6) is 0.208. The highest BCUT2D eigenvalue weighted by Crippen LogP contribution is 2.26. The van der Waals surface area contributed by atoms with E-state index in [1.54, 1.807) is 12.1 Å². The first kappa shape index (κ1) is 17.0. The molecule has 1 heterocycles. The minimum absolute atomic E-state index is 0.0242. The quantitative estimate of drug-likeness (QED) is 0.849. The fourth-order valence-electron chi connectivity index (χ4n) is 2.95. The molecule has 5 nitrogen and oxygen atoms in total. The zero-order chi connectivity index (χ0) is 17.8. The number of amides is 1. The van der Waals surface area contributed by atoms with Crippen molar-refractivity contribution in [3.8, 4) is 5.75 Å². The molecule has 0 saturated heterocycles. The third-order valence-corrected chi connectivity index (χ3v) is 4.01. The summed E-state index contributed by atoms with van der Waals surface area (Å²) in [5.41, 5.74) is 5.07. The highest BCUT2D eigenvalue weighted by atomic mass is 16.6. The second-order valence-electron chi connectivity index (χ2n) is 6.31. The van der Waals surface area contributed by atoms with Crippen molar-refractivity contribution in [2.45, 2.75) is 33.3 Å². The lowest BCUT2D eigenvalue weighted by atomic mass is 10.0. The number of aryl methyl sites for hydroxylation is 3. The predicted octanol–water partition coefficient (Wildman–Crippen LogP) is 3.31. The van der Waals surface area contributed by atoms with Crippen molar-refractivity contribution in [3.05, 3.63) is 58.7 Å². The zero-order valence-corrected chi connectivity index (χ0v) is 14.4. The maximum atomic E-state index is 11.9. The van der Waals surface area contributed by atoms with Crippen molar-refractivity contribution in [3.63, 3.8) is 0 Å². The molecule has 0 aliphatic carbocycles. The number of hydrogen-bond acceptors (Lipinski definition) is 4. The van der Waals surface area contributed by atoms with Gasteiger partial charge in [0.2, 0.25) is 5.91 Å². The summed E-state index contributed by atoms with van der Waals surface area (Å²) in [4.78, 5) is 23.2. The smallest absolute Gasteiger partial charge is 0.344 e. The average molecular weight is 339 g/mol. The Hall–Kier alpha value is -2.82. The monoisotopic (exact) mass is 339 g/mol. The molecule has 0 radical (unpaired) electrons. The van der Waals surface area contributed by atoms with E-state index >= 15 is 0 Å². The van der Waals surface area contributed by atoms with Gasteiger partial charge >= 0.3 is 5.97 Å². The van der Waals surface area contributed by atoms with Crippen LogP contribution in [0.15, 0.2) is 36.4 Å². The second kappa shape index (κ2) is 7.38. The van der Waals surface area contributed by atoms with Gasteiger partial charge in [0.05, 0.1) is 0 Å². The maximum Gasteiger partial charge on any atom is 0.344 e. The van der Waals surface area contributed by atoms with Crippen LogP contribution >= 0.6 is 0 Å². The molecule has 0 fully saturated rings. The molecule has 0 spiro atoms. The van der Waals surface area contributed by atoms with E-state index in [4.69, 9.17) is 9.47 Å². The lowest BCUT2D eigenvalue weighted by Gasteiger charge is -2.17. The van der Waals surface area contributed by atoms with Gasteiger partial charge in [-0.15, -0.1) is 0 Å². The molecule has 130 valence electrons. The van der Waals surface area contributed by atoms with Crippen molar-refractivity contribution >= 4 is 17.6 Å². The molecule has 5 heteroatoms. The molecular formula is C20H21NO4. The first-order valence-electron chi connectivity index (χ1n) is 8.28. The lowest BCUT2D eigenvalue weighted by Crippen LogP contribution is -2.19. The summed E-state index contributed by atoms with van der Waals surface area (Å²) >= 11 is 0. The number of esters is 1. The Labute approximate surface area is 147 Å². The Morgan fingerprint density at radius 2 is 1.84 bits per heavy atom. The van der Waals surface area contributed by atoms with Crippen LogP contribution in [0.4, 0.5) is 5.69 Å². The molecule has 0 atom stereocenters. The van der Waals surface area contributed by atoms with E-state index in [9.17, 15) is 9.59 Å². The standard InChI is InChI=1S/C20H21NO4/c1-13-7-14(2)9-15(8-13)11-25-20(23)12-24-17-4-5-18-16(10-17)3-6-19(22)21-18/h4-5,7-10H,3,6,11-12H2,1-2H3,(H,21,22). The number of carbonyl (C=O) groups excluding carboxylic acids is 2. The van der Waals surface area contributed by atoms with Crippen LogP contribution < -0.4 is 10.1 Å². The van der Waals surface area contributed by atoms with Gasteiger partial charge in [0, 0.05) is 12.1 Å². The van der Waals surface area contributed by atoms with Crippen molar-refractivity contribution in [2.24, 2.45) is 0 Å². The van der Waals surface area contributed by atoms with Crippen LogP contribution in [-0.4, -0.2) is 18.5 Å². The van der Waals surface area contributed by atoms with Gasteiger partial charge < -0.3 is 14.8 Å². The van der Waals surface area contributed by atoms with Crippen molar-refractivity contribution in [1.82, 2.24) is 0 Å². The van der Waals surface area contributed by atoms with Gasteiger partial charge in [-0.05, 0) is 49.6 Å². The topological polar surface area (TPSA) is 64.6 Å². The number of anilines is 1. The SMILES string of the molecule is Cc1cc(C)cc(COC(=O)COc2ccc3c(c2)CCC(=O)N3)c1. The number of nitrogens with one attached hydrogen (secondary N) is 1. The van der Waals surface area contributed by atoms with E-state index in [0.717, 1.165) is 27.9 Å². The van der Waals surface area contributed by atoms with E-state index in [2.05, 4.69) is 11.4 Å². The summed E-state index contributed by atoms with van der Waals surface area (Å²) < 4.78 is 10.8. The summed E-state index contributed by atoms with van der Waals surface area (Å²) in [6.45, 7) is 4.12. The van der Waals surface area contributed by atoms with Crippen molar-refractivity contribution in [1.29, 1.82) is 0 Å². The number of benzene rings is 2. The summed E-state index contributed by atoms with van der Waals surface area (Å²) in [6, 6.07) is 11.5. The molecule has 0 unspecified atom stereocenters. The highest BCUT2D eigenvalue weighted by Gasteiger charge is 2.15. The van der Waals surface area contributed by atoms with E-state index in [1.165, 1.54) is 0 Å². The molecule has 1 N–H and O–H groups in total. The fourth-order valence-corrected chi connectivity index (χ4v) is 2.95. The summed E-state index contributed by atoms with van der Waals surface area (Å²) in [6.07, 6.45) is 1.14. The molecule has 0 saturated carbocycles. The molecule has 1 amide bonds. The lowest BCUT2D eigenvalue weighted by molar-refractivity contribution is -0.147. The first-order valence-corrected chi connectivity index (χ1v) is 8.28. The predicted molar refractivity (Wildman–Crippen MR) is 94.6 cm³/mol. The van der Waals surface area contributed by atoms with E-state index < -0.39 is 5.97 Å². The molecule has 1 aliphatic heterocycles. The van der Waals surface area contributed by atoms with Crippen LogP contribution in [-0.2, 0) is 27.4 Å². The Morgan fingerprint density at radius 1 is 1.08 bits per heavy atom. The van der Waals surface area contributed by atoms with E-state index in [0.29, 0.717) is 18.6 Å². The summed E-state index contributed by atoms with van der Waals surface area (Å²) in [5, 5.41) is 2.81. The second-order valence-corrected chi connectivity index (χ2v) is 6.31. The first-order chi connectivity index (χ1) is 12.0. The molecule has 2 aromatic carbocycles. The van der Waals surface area contributed by atoms with Gasteiger partial charge in [-0.2, -0.15) is 0 Å². The number of carbonyl (C=O) groups is 2. The Kier molecular flexibility index (Phi) is 5.03. The van der Waals surface area contributed by atoms with Crippen molar-refractivity contribution < 1.29 is 19.1 Å². The Bertz CT molecular complexity index is 793. The number of rotatable bonds is 5. The van der Waals surface area contributed by atoms with Crippen LogP contribution in [0.5, 0.6) is 5.75 Å². The average Bonchev–Trinajstić information content (AvgIpc) is 2.57. The van der Waals surface area contributed by atoms with Crippen LogP contribution in [0.25, 0.3) is 0 Å². The number of fused-ring (bicyclic) bond motifs is 1. The zero-order valence-electron chi connectivity index (χ0n) is 14.4. The third kappa shape index (κ3) is 4.59. The Morgan fingerprint density at radius 3 is 2.60 bits per heavy atom. The normalized spacial score (nSPS) is 13.0. The van der Waals surface area contributed by atoms with Crippen LogP contribution in [0.1, 0.15) is 28.7 Å². The molecule has 3 rings (SSSR count). The van der Waals surface area contributed by atoms with Gasteiger partial charge in [-0.3, -0.25) is 4.79 Å². The minimum atomic E-state index is -0.412. The summed E-state index contributed by atoms with van der Waals surface area (Å²) in [7, 11) is 0. The molecular weight excluding hydrogens is 318 g/mol. The van der Waals surface area contributed by atoms with Gasteiger partial charge in [-0.25, -0.2) is 4.79 Å². The Balaban J connectivity index is 1.51. The number of ether oxygens (including phenoxy) is 2. The molecule has 2 aromatic rings. The third-order valence-electron chi connectivity index (χ3n) is 4.01. The van der Waals surface area contributed by atoms with Crippen LogP contribution in [0, 0.1) is 13.8 Å². The molecule has 1 aliphatic rings. The highest BCUT2D eigenvalue weighted by molar-refractivity contribution is 5.94. The molecule has 25 heavy (non-hydrogen) atoms. The van der Waals surface area contributed by atoms with E-state index in [-0.39, 0.29) is 19.1 Å². The minimum Gasteiger partial charge on any atom is -0.482 e. The van der Waals surface area contributed by atoms with Gasteiger partial charge in [0.1, 0.15) is 12.4 Å². The molecule has 0 aromatic heterocycles. The fraction of sp³-hybridized carbons (Fsp3) is 0.300. The van der Waals surface area contributed by atoms with E-state index in [1.807, 2.05) is 32.0 Å². The molecule has 0 bridgehead atoms. The van der Waals surface area contributed by atoms with Gasteiger partial charge in [-0.1, -0.05) is 29.3 Å². The van der Waals surface area contributed by atoms with Gasteiger partial charge in [0.25, 0.3) is 0 Å². The number of hydrogen-bond donors (Lipinski definition) is 1. The van der Waals surface area contributed by atoms with Gasteiger partial charge in [0.15, 0.2) is 6.61 Å². The van der Waals surface area contributed by atoms with Crippen LogP contribution in [0.3, 0.4) is 0 Å². The maximum absolute atomic E-state index is 11.9.